The van der Waals surface area contributed by atoms with Crippen molar-refractivity contribution in [2.75, 3.05) is 0 Å². The van der Waals surface area contributed by atoms with Crippen LogP contribution in [-0.4, -0.2) is 23.2 Å². The molecule has 0 bridgehead atoms. The Balaban J connectivity index is 2.97. The van der Waals surface area contributed by atoms with E-state index in [-0.39, 0.29) is 5.56 Å². The van der Waals surface area contributed by atoms with Crippen LogP contribution in [0.25, 0.3) is 0 Å². The minimum Gasteiger partial charge on any atom is -0.475 e. The lowest BCUT2D eigenvalue weighted by molar-refractivity contribution is -0.173. The molecular weight excluding hydrogens is 279 g/mol. The Hall–Kier alpha value is -1.99. The van der Waals surface area contributed by atoms with Crippen LogP contribution < -0.4 is 5.32 Å². The Labute approximate surface area is 112 Å². The highest BCUT2D eigenvalue weighted by atomic mass is 19.4. The zero-order chi connectivity index (χ0) is 15.7. The summed E-state index contributed by atoms with van der Waals surface area (Å²) in [7, 11) is 0. The number of rotatable bonds is 3. The van der Waals surface area contributed by atoms with Gasteiger partial charge in [0.2, 0.25) is 5.76 Å². The van der Waals surface area contributed by atoms with Crippen molar-refractivity contribution in [2.24, 2.45) is 0 Å². The van der Waals surface area contributed by atoms with E-state index in [2.05, 4.69) is 0 Å². The first-order valence-electron chi connectivity index (χ1n) is 5.64. The molecule has 1 aromatic rings. The second-order valence-corrected chi connectivity index (χ2v) is 5.20. The molecule has 5 nitrogen and oxygen atoms in total. The smallest absolute Gasteiger partial charge is 0.471 e. The van der Waals surface area contributed by atoms with Crippen molar-refractivity contribution in [3.63, 3.8) is 0 Å². The van der Waals surface area contributed by atoms with Crippen molar-refractivity contribution in [2.45, 2.75) is 38.9 Å². The van der Waals surface area contributed by atoms with Gasteiger partial charge >= 0.3 is 18.1 Å². The van der Waals surface area contributed by atoms with Gasteiger partial charge in [-0.1, -0.05) is 20.8 Å². The number of amides is 1. The number of carboxylic acids is 1. The van der Waals surface area contributed by atoms with Gasteiger partial charge in [0, 0.05) is 17.5 Å². The molecule has 112 valence electrons. The molecule has 0 saturated heterocycles. The van der Waals surface area contributed by atoms with Crippen LogP contribution in [0.15, 0.2) is 10.5 Å². The molecule has 2 N–H and O–H groups in total. The number of carboxylic acid groups (broad SMARTS) is 1. The zero-order valence-electron chi connectivity index (χ0n) is 11.1. The summed E-state index contributed by atoms with van der Waals surface area (Å²) in [6.07, 6.45) is -5.01. The number of hydrogen-bond donors (Lipinski definition) is 2. The molecular formula is C12H14F3NO4. The molecule has 1 heterocycles. The van der Waals surface area contributed by atoms with Crippen LogP contribution in [0.5, 0.6) is 0 Å². The number of furan rings is 1. The Bertz CT molecular complexity index is 526. The monoisotopic (exact) mass is 293 g/mol. The van der Waals surface area contributed by atoms with E-state index >= 15 is 0 Å². The fourth-order valence-corrected chi connectivity index (χ4v) is 1.39. The number of alkyl halides is 3. The van der Waals surface area contributed by atoms with E-state index in [0.29, 0.717) is 5.76 Å². The van der Waals surface area contributed by atoms with E-state index in [1.54, 1.807) is 26.1 Å². The first-order chi connectivity index (χ1) is 8.93. The largest absolute Gasteiger partial charge is 0.475 e. The maximum atomic E-state index is 12.1. The summed E-state index contributed by atoms with van der Waals surface area (Å²) in [6.45, 7) is 4.71. The van der Waals surface area contributed by atoms with E-state index in [1.165, 1.54) is 6.07 Å². The number of carbonyl (C=O) groups is 2. The van der Waals surface area contributed by atoms with Crippen molar-refractivity contribution in [3.8, 4) is 0 Å². The van der Waals surface area contributed by atoms with Gasteiger partial charge in [-0.05, 0) is 6.07 Å². The Morgan fingerprint density at radius 2 is 1.85 bits per heavy atom. The van der Waals surface area contributed by atoms with Gasteiger partial charge < -0.3 is 14.8 Å². The van der Waals surface area contributed by atoms with Gasteiger partial charge in [0.25, 0.3) is 0 Å². The minimum absolute atomic E-state index is 0.0139. The molecule has 0 aliphatic rings. The highest BCUT2D eigenvalue weighted by molar-refractivity contribution is 5.87. The van der Waals surface area contributed by atoms with Crippen LogP contribution in [0.4, 0.5) is 13.2 Å². The summed E-state index contributed by atoms with van der Waals surface area (Å²) in [5.41, 5.74) is -0.517. The van der Waals surface area contributed by atoms with Crippen LogP contribution in [0.3, 0.4) is 0 Å². The van der Waals surface area contributed by atoms with Gasteiger partial charge in [0.05, 0.1) is 0 Å². The average molecular weight is 293 g/mol. The van der Waals surface area contributed by atoms with Crippen LogP contribution in [-0.2, 0) is 16.8 Å². The molecule has 0 unspecified atom stereocenters. The molecule has 0 aliphatic heterocycles. The average Bonchev–Trinajstić information content (AvgIpc) is 2.67. The molecule has 0 atom stereocenters. The quantitative estimate of drug-likeness (QED) is 0.897. The molecule has 8 heteroatoms. The third-order valence-electron chi connectivity index (χ3n) is 2.44. The van der Waals surface area contributed by atoms with Gasteiger partial charge in [0.1, 0.15) is 5.76 Å². The van der Waals surface area contributed by atoms with Gasteiger partial charge in [-0.15, -0.1) is 0 Å². The van der Waals surface area contributed by atoms with Crippen molar-refractivity contribution in [3.05, 3.63) is 23.2 Å². The predicted octanol–water partition coefficient (Wildman–Crippen LogP) is 2.45. The van der Waals surface area contributed by atoms with Crippen molar-refractivity contribution in [1.82, 2.24) is 5.32 Å². The number of aromatic carboxylic acids is 1. The molecule has 0 spiro atoms. The van der Waals surface area contributed by atoms with Crippen LogP contribution in [0.2, 0.25) is 0 Å². The van der Waals surface area contributed by atoms with E-state index in [0.717, 1.165) is 0 Å². The van der Waals surface area contributed by atoms with Gasteiger partial charge in [-0.3, -0.25) is 4.79 Å². The SMILES string of the molecule is CC(C)(C)c1cc(CNC(=O)C(F)(F)F)c(C(=O)O)o1. The standard InChI is InChI=1S/C12H14F3NO4/c1-11(2,3)7-4-6(8(20-7)9(17)18)5-16-10(19)12(13,14)15/h4H,5H2,1-3H3,(H,16,19)(H,17,18). The summed E-state index contributed by atoms with van der Waals surface area (Å²) >= 11 is 0. The first-order valence-corrected chi connectivity index (χ1v) is 5.64. The number of carbonyl (C=O) groups excluding carboxylic acids is 1. The van der Waals surface area contributed by atoms with E-state index in [4.69, 9.17) is 9.52 Å². The lowest BCUT2D eigenvalue weighted by Crippen LogP contribution is -2.36. The van der Waals surface area contributed by atoms with E-state index in [1.807, 2.05) is 0 Å². The third kappa shape index (κ3) is 3.75. The van der Waals surface area contributed by atoms with E-state index in [9.17, 15) is 22.8 Å². The summed E-state index contributed by atoms with van der Waals surface area (Å²) in [5, 5.41) is 10.6. The second kappa shape index (κ2) is 5.18. The van der Waals surface area contributed by atoms with Crippen molar-refractivity contribution >= 4 is 11.9 Å². The molecule has 1 amide bonds. The molecule has 1 rings (SSSR count). The Kier molecular flexibility index (Phi) is 4.16. The fraction of sp³-hybridized carbons (Fsp3) is 0.500. The molecule has 0 aliphatic carbocycles. The molecule has 0 aromatic carbocycles. The Morgan fingerprint density at radius 3 is 2.25 bits per heavy atom. The molecule has 0 radical (unpaired) electrons. The van der Waals surface area contributed by atoms with E-state index < -0.39 is 35.8 Å². The maximum Gasteiger partial charge on any atom is 0.471 e. The lowest BCUT2D eigenvalue weighted by atomic mass is 9.93. The molecule has 1 aromatic heterocycles. The second-order valence-electron chi connectivity index (χ2n) is 5.20. The maximum absolute atomic E-state index is 12.1. The Morgan fingerprint density at radius 1 is 1.30 bits per heavy atom. The van der Waals surface area contributed by atoms with Gasteiger partial charge in [-0.2, -0.15) is 13.2 Å². The number of halogens is 3. The highest BCUT2D eigenvalue weighted by Gasteiger charge is 2.38. The third-order valence-corrected chi connectivity index (χ3v) is 2.44. The lowest BCUT2D eigenvalue weighted by Gasteiger charge is -2.13. The van der Waals surface area contributed by atoms with Crippen LogP contribution in [0, 0.1) is 0 Å². The van der Waals surface area contributed by atoms with Crippen LogP contribution >= 0.6 is 0 Å². The minimum atomic E-state index is -5.01. The normalized spacial score (nSPS) is 12.3. The highest BCUT2D eigenvalue weighted by Crippen LogP contribution is 2.27. The van der Waals surface area contributed by atoms with Gasteiger partial charge in [-0.25, -0.2) is 4.79 Å². The summed E-state index contributed by atoms with van der Waals surface area (Å²) < 4.78 is 41.3. The number of nitrogens with one attached hydrogen (secondary N) is 1. The van der Waals surface area contributed by atoms with Crippen molar-refractivity contribution in [1.29, 1.82) is 0 Å². The summed E-state index contributed by atoms with van der Waals surface area (Å²) in [4.78, 5) is 21.7. The molecule has 20 heavy (non-hydrogen) atoms. The van der Waals surface area contributed by atoms with Crippen LogP contribution in [0.1, 0.15) is 42.6 Å². The topological polar surface area (TPSA) is 79.5 Å². The zero-order valence-corrected chi connectivity index (χ0v) is 11.1. The molecule has 0 saturated carbocycles. The summed E-state index contributed by atoms with van der Waals surface area (Å²) in [6, 6.07) is 1.33. The van der Waals surface area contributed by atoms with Crippen molar-refractivity contribution < 1.29 is 32.3 Å². The fourth-order valence-electron chi connectivity index (χ4n) is 1.39. The number of hydrogen-bond acceptors (Lipinski definition) is 3. The molecule has 0 fully saturated rings. The first kappa shape index (κ1) is 16.1. The van der Waals surface area contributed by atoms with Gasteiger partial charge in [0.15, 0.2) is 0 Å². The summed E-state index contributed by atoms with van der Waals surface area (Å²) in [5.74, 6) is -3.70. The predicted molar refractivity (Wildman–Crippen MR) is 62.3 cm³/mol.